The highest BCUT2D eigenvalue weighted by Gasteiger charge is 2.24. The van der Waals surface area contributed by atoms with Crippen LogP contribution in [0.5, 0.6) is 0 Å². The van der Waals surface area contributed by atoms with Gasteiger partial charge in [0.05, 0.1) is 10.7 Å². The fraction of sp³-hybridized carbons (Fsp3) is 0.286. The SMILES string of the molecule is O=C(c1ccon1)N1CCN(c2ccc(F)cc2Cl)CC1. The molecule has 1 aromatic heterocycles. The van der Waals surface area contributed by atoms with E-state index in [4.69, 9.17) is 11.6 Å². The van der Waals surface area contributed by atoms with Gasteiger partial charge < -0.3 is 14.3 Å². The van der Waals surface area contributed by atoms with Gasteiger partial charge in [0.25, 0.3) is 5.91 Å². The summed E-state index contributed by atoms with van der Waals surface area (Å²) in [5, 5.41) is 4.03. The van der Waals surface area contributed by atoms with Crippen molar-refractivity contribution in [2.75, 3.05) is 31.1 Å². The Labute approximate surface area is 125 Å². The molecule has 3 rings (SSSR count). The molecule has 2 heterocycles. The number of benzene rings is 1. The zero-order valence-electron chi connectivity index (χ0n) is 11.1. The summed E-state index contributed by atoms with van der Waals surface area (Å²) < 4.78 is 17.8. The minimum atomic E-state index is -0.358. The Bertz CT molecular complexity index is 640. The number of carbonyl (C=O) groups excluding carboxylic acids is 1. The molecule has 1 aromatic carbocycles. The first-order chi connectivity index (χ1) is 10.1. The van der Waals surface area contributed by atoms with Crippen LogP contribution in [0.3, 0.4) is 0 Å². The Morgan fingerprint density at radius 2 is 2.00 bits per heavy atom. The third kappa shape index (κ3) is 2.85. The topological polar surface area (TPSA) is 49.6 Å². The normalized spacial score (nSPS) is 15.3. The van der Waals surface area contributed by atoms with Crippen molar-refractivity contribution in [3.05, 3.63) is 47.1 Å². The maximum atomic E-state index is 13.1. The van der Waals surface area contributed by atoms with Crippen molar-refractivity contribution >= 4 is 23.2 Å². The average molecular weight is 310 g/mol. The molecule has 1 aliphatic heterocycles. The first-order valence-corrected chi connectivity index (χ1v) is 6.92. The molecule has 1 fully saturated rings. The number of halogens is 2. The number of nitrogens with zero attached hydrogens (tertiary/aromatic N) is 3. The molecule has 7 heteroatoms. The third-order valence-corrected chi connectivity index (χ3v) is 3.78. The van der Waals surface area contributed by atoms with Crippen LogP contribution in [-0.4, -0.2) is 42.1 Å². The van der Waals surface area contributed by atoms with E-state index in [0.717, 1.165) is 5.69 Å². The third-order valence-electron chi connectivity index (χ3n) is 3.47. The van der Waals surface area contributed by atoms with Gasteiger partial charge in [0.1, 0.15) is 12.1 Å². The van der Waals surface area contributed by atoms with E-state index in [1.54, 1.807) is 17.0 Å². The quantitative estimate of drug-likeness (QED) is 0.855. The summed E-state index contributed by atoms with van der Waals surface area (Å²) in [5.74, 6) is -0.503. The van der Waals surface area contributed by atoms with Crippen LogP contribution in [0.4, 0.5) is 10.1 Å². The summed E-state index contributed by atoms with van der Waals surface area (Å²) in [6.45, 7) is 2.38. The molecular weight excluding hydrogens is 297 g/mol. The van der Waals surface area contributed by atoms with Gasteiger partial charge in [0, 0.05) is 32.2 Å². The number of anilines is 1. The molecule has 0 radical (unpaired) electrons. The van der Waals surface area contributed by atoms with Crippen LogP contribution < -0.4 is 4.90 Å². The number of amides is 1. The molecule has 0 unspecified atom stereocenters. The summed E-state index contributed by atoms with van der Waals surface area (Å²) in [6, 6.07) is 5.89. The number of piperazine rings is 1. The van der Waals surface area contributed by atoms with Crippen LogP contribution in [0.2, 0.25) is 5.02 Å². The summed E-state index contributed by atoms with van der Waals surface area (Å²) in [7, 11) is 0. The molecule has 0 atom stereocenters. The van der Waals surface area contributed by atoms with Crippen molar-refractivity contribution in [1.82, 2.24) is 10.1 Å². The van der Waals surface area contributed by atoms with E-state index in [-0.39, 0.29) is 11.7 Å². The monoisotopic (exact) mass is 309 g/mol. The lowest BCUT2D eigenvalue weighted by molar-refractivity contribution is 0.0736. The van der Waals surface area contributed by atoms with Gasteiger partial charge in [-0.1, -0.05) is 16.8 Å². The van der Waals surface area contributed by atoms with Crippen molar-refractivity contribution in [2.24, 2.45) is 0 Å². The predicted octanol–water partition coefficient (Wildman–Crippen LogP) is 2.43. The fourth-order valence-corrected chi connectivity index (χ4v) is 2.66. The summed E-state index contributed by atoms with van der Waals surface area (Å²) in [5.41, 5.74) is 1.09. The van der Waals surface area contributed by atoms with Crippen molar-refractivity contribution < 1.29 is 13.7 Å². The van der Waals surface area contributed by atoms with Crippen LogP contribution in [0.15, 0.2) is 35.1 Å². The average Bonchev–Trinajstić information content (AvgIpc) is 3.01. The van der Waals surface area contributed by atoms with Crippen LogP contribution in [0.1, 0.15) is 10.5 Å². The first kappa shape index (κ1) is 13.9. The van der Waals surface area contributed by atoms with Gasteiger partial charge in [-0.2, -0.15) is 0 Å². The maximum absolute atomic E-state index is 13.1. The lowest BCUT2D eigenvalue weighted by atomic mass is 10.2. The van der Waals surface area contributed by atoms with E-state index in [0.29, 0.717) is 36.9 Å². The zero-order chi connectivity index (χ0) is 14.8. The van der Waals surface area contributed by atoms with Gasteiger partial charge in [-0.05, 0) is 18.2 Å². The molecule has 1 saturated heterocycles. The van der Waals surface area contributed by atoms with E-state index in [9.17, 15) is 9.18 Å². The number of hydrogen-bond acceptors (Lipinski definition) is 4. The lowest BCUT2D eigenvalue weighted by Gasteiger charge is -2.36. The van der Waals surface area contributed by atoms with E-state index in [1.807, 2.05) is 4.90 Å². The summed E-state index contributed by atoms with van der Waals surface area (Å²) in [6.07, 6.45) is 1.38. The first-order valence-electron chi connectivity index (χ1n) is 6.55. The molecule has 1 amide bonds. The Balaban J connectivity index is 1.66. The second kappa shape index (κ2) is 5.73. The van der Waals surface area contributed by atoms with Crippen LogP contribution >= 0.6 is 11.6 Å². The zero-order valence-corrected chi connectivity index (χ0v) is 11.9. The summed E-state index contributed by atoms with van der Waals surface area (Å²) in [4.78, 5) is 15.9. The standard InChI is InChI=1S/C14H13ClFN3O2/c15-11-9-10(16)1-2-13(11)18-4-6-19(7-5-18)14(20)12-3-8-21-17-12/h1-3,8-9H,4-7H2. The fourth-order valence-electron chi connectivity index (χ4n) is 2.37. The minimum Gasteiger partial charge on any atom is -0.367 e. The number of aromatic nitrogens is 1. The van der Waals surface area contributed by atoms with Crippen molar-refractivity contribution in [1.29, 1.82) is 0 Å². The van der Waals surface area contributed by atoms with Crippen molar-refractivity contribution in [3.63, 3.8) is 0 Å². The second-order valence-electron chi connectivity index (χ2n) is 4.76. The molecular formula is C14H13ClFN3O2. The van der Waals surface area contributed by atoms with Gasteiger partial charge in [-0.25, -0.2) is 4.39 Å². The van der Waals surface area contributed by atoms with E-state index < -0.39 is 0 Å². The van der Waals surface area contributed by atoms with E-state index >= 15 is 0 Å². The molecule has 0 aliphatic carbocycles. The smallest absolute Gasteiger partial charge is 0.276 e. The number of carbonyl (C=O) groups is 1. The van der Waals surface area contributed by atoms with Gasteiger partial charge in [0.2, 0.25) is 0 Å². The molecule has 21 heavy (non-hydrogen) atoms. The Morgan fingerprint density at radius 3 is 2.62 bits per heavy atom. The maximum Gasteiger partial charge on any atom is 0.276 e. The van der Waals surface area contributed by atoms with E-state index in [1.165, 1.54) is 18.4 Å². The predicted molar refractivity (Wildman–Crippen MR) is 76.0 cm³/mol. The van der Waals surface area contributed by atoms with Crippen LogP contribution in [0.25, 0.3) is 0 Å². The Kier molecular flexibility index (Phi) is 3.79. The van der Waals surface area contributed by atoms with Gasteiger partial charge >= 0.3 is 0 Å². The second-order valence-corrected chi connectivity index (χ2v) is 5.17. The number of hydrogen-bond donors (Lipinski definition) is 0. The van der Waals surface area contributed by atoms with Gasteiger partial charge in [0.15, 0.2) is 5.69 Å². The highest BCUT2D eigenvalue weighted by atomic mass is 35.5. The molecule has 2 aromatic rings. The molecule has 0 N–H and O–H groups in total. The highest BCUT2D eigenvalue weighted by molar-refractivity contribution is 6.33. The van der Waals surface area contributed by atoms with Gasteiger partial charge in [-0.15, -0.1) is 0 Å². The molecule has 1 aliphatic rings. The summed E-state index contributed by atoms with van der Waals surface area (Å²) >= 11 is 6.06. The molecule has 0 saturated carbocycles. The van der Waals surface area contributed by atoms with Crippen molar-refractivity contribution in [3.8, 4) is 0 Å². The van der Waals surface area contributed by atoms with Gasteiger partial charge in [-0.3, -0.25) is 4.79 Å². The molecule has 5 nitrogen and oxygen atoms in total. The molecule has 0 bridgehead atoms. The molecule has 110 valence electrons. The van der Waals surface area contributed by atoms with Crippen molar-refractivity contribution in [2.45, 2.75) is 0 Å². The Hall–Kier alpha value is -2.08. The number of rotatable bonds is 2. The highest BCUT2D eigenvalue weighted by Crippen LogP contribution is 2.27. The van der Waals surface area contributed by atoms with E-state index in [2.05, 4.69) is 9.68 Å². The Morgan fingerprint density at radius 1 is 1.24 bits per heavy atom. The molecule has 0 spiro atoms. The largest absolute Gasteiger partial charge is 0.367 e. The van der Waals surface area contributed by atoms with Crippen LogP contribution in [-0.2, 0) is 0 Å². The minimum absolute atomic E-state index is 0.145. The van der Waals surface area contributed by atoms with Crippen LogP contribution in [0, 0.1) is 5.82 Å². The lowest BCUT2D eigenvalue weighted by Crippen LogP contribution is -2.49.